The molecule has 1 aliphatic rings. The van der Waals surface area contributed by atoms with Crippen molar-refractivity contribution in [3.63, 3.8) is 0 Å². The van der Waals surface area contributed by atoms with E-state index in [1.807, 2.05) is 42.5 Å². The van der Waals surface area contributed by atoms with Gasteiger partial charge in [0.1, 0.15) is 0 Å². The summed E-state index contributed by atoms with van der Waals surface area (Å²) < 4.78 is 0. The summed E-state index contributed by atoms with van der Waals surface area (Å²) in [5, 5.41) is 0. The third kappa shape index (κ3) is 0.977. The second kappa shape index (κ2) is 3.05. The molecule has 2 aromatic carbocycles. The molecule has 0 bridgehead atoms. The molecule has 0 fully saturated rings. The van der Waals surface area contributed by atoms with Crippen molar-refractivity contribution in [2.24, 2.45) is 0 Å². The average Bonchev–Trinajstić information content (AvgIpc) is 2.65. The maximum absolute atomic E-state index is 9.12. The van der Waals surface area contributed by atoms with E-state index in [-0.39, 0.29) is 0 Å². The van der Waals surface area contributed by atoms with Crippen molar-refractivity contribution in [3.05, 3.63) is 59.1 Å². The second-order valence-corrected chi connectivity index (χ2v) is 3.76. The first-order valence-electron chi connectivity index (χ1n) is 5.03. The van der Waals surface area contributed by atoms with Crippen molar-refractivity contribution in [3.8, 4) is 11.1 Å². The van der Waals surface area contributed by atoms with Gasteiger partial charge < -0.3 is 11.3 Å². The number of hydrogen-bond donors (Lipinski definition) is 1. The Morgan fingerprint density at radius 1 is 0.875 bits per heavy atom. The number of nitrogens with two attached hydrogens (primary N) is 1. The second-order valence-electron chi connectivity index (χ2n) is 3.76. The molecule has 0 saturated carbocycles. The van der Waals surface area contributed by atoms with Crippen LogP contribution in [0.25, 0.3) is 16.7 Å². The minimum Gasteiger partial charge on any atom is -0.398 e. The van der Waals surface area contributed by atoms with Gasteiger partial charge >= 0.3 is 5.71 Å². The Bertz CT molecular complexity index is 637. The molecule has 0 radical (unpaired) electrons. The standard InChI is InChI=1S/C13H9N3/c14-11-7-3-6-9-8-4-1-2-5-10(8)13(16-15)12(9)11/h1-7H,14H2. The molecule has 0 unspecified atom stereocenters. The summed E-state index contributed by atoms with van der Waals surface area (Å²) in [7, 11) is 0. The van der Waals surface area contributed by atoms with Crippen LogP contribution in [0.5, 0.6) is 0 Å². The van der Waals surface area contributed by atoms with E-state index in [1.165, 1.54) is 0 Å². The third-order valence-electron chi connectivity index (χ3n) is 2.91. The van der Waals surface area contributed by atoms with Gasteiger partial charge in [0.05, 0.1) is 11.1 Å². The number of anilines is 1. The summed E-state index contributed by atoms with van der Waals surface area (Å²) in [4.78, 5) is 3.37. The molecule has 2 N–H and O–H groups in total. The molecule has 16 heavy (non-hydrogen) atoms. The summed E-state index contributed by atoms with van der Waals surface area (Å²) in [5.41, 5.74) is 20.1. The van der Waals surface area contributed by atoms with Crippen LogP contribution in [0.2, 0.25) is 0 Å². The summed E-state index contributed by atoms with van der Waals surface area (Å²) in [5.74, 6) is 0. The Kier molecular flexibility index (Phi) is 1.70. The number of rotatable bonds is 0. The van der Waals surface area contributed by atoms with Crippen molar-refractivity contribution in [2.45, 2.75) is 0 Å². The van der Waals surface area contributed by atoms with Gasteiger partial charge in [-0.3, -0.25) is 0 Å². The minimum absolute atomic E-state index is 0.559. The van der Waals surface area contributed by atoms with Crippen molar-refractivity contribution < 1.29 is 4.79 Å². The minimum atomic E-state index is 0.559. The van der Waals surface area contributed by atoms with Crippen LogP contribution >= 0.6 is 0 Å². The molecular formula is C13H9N3. The molecular weight excluding hydrogens is 198 g/mol. The molecule has 3 nitrogen and oxygen atoms in total. The number of hydrogen-bond acceptors (Lipinski definition) is 1. The van der Waals surface area contributed by atoms with Gasteiger partial charge in [0.25, 0.3) is 0 Å². The molecule has 76 valence electrons. The Morgan fingerprint density at radius 3 is 2.31 bits per heavy atom. The molecule has 0 spiro atoms. The Morgan fingerprint density at radius 2 is 1.56 bits per heavy atom. The van der Waals surface area contributed by atoms with Crippen LogP contribution in [-0.4, -0.2) is 10.5 Å². The Balaban J connectivity index is 2.48. The highest BCUT2D eigenvalue weighted by atomic mass is 14.9. The third-order valence-corrected chi connectivity index (χ3v) is 2.91. The fraction of sp³-hybridized carbons (Fsp3) is 0. The maximum atomic E-state index is 9.12. The monoisotopic (exact) mass is 207 g/mol. The zero-order valence-corrected chi connectivity index (χ0v) is 8.51. The molecule has 0 atom stereocenters. The highest BCUT2D eigenvalue weighted by Gasteiger charge is 2.32. The Labute approximate surface area is 92.8 Å². The van der Waals surface area contributed by atoms with E-state index in [0.717, 1.165) is 22.3 Å². The summed E-state index contributed by atoms with van der Waals surface area (Å²) in [6, 6.07) is 13.5. The lowest BCUT2D eigenvalue weighted by molar-refractivity contribution is -0.00237. The zero-order chi connectivity index (χ0) is 11.1. The molecule has 0 heterocycles. The molecule has 3 heteroatoms. The predicted octanol–water partition coefficient (Wildman–Crippen LogP) is 2.32. The zero-order valence-electron chi connectivity index (χ0n) is 8.51. The van der Waals surface area contributed by atoms with Crippen molar-refractivity contribution in [2.75, 3.05) is 5.73 Å². The van der Waals surface area contributed by atoms with Gasteiger partial charge in [-0.05, 0) is 23.3 Å². The average molecular weight is 207 g/mol. The first kappa shape index (κ1) is 8.89. The van der Waals surface area contributed by atoms with Gasteiger partial charge in [-0.15, -0.1) is 0 Å². The van der Waals surface area contributed by atoms with E-state index in [9.17, 15) is 0 Å². The fourth-order valence-electron chi connectivity index (χ4n) is 2.22. The summed E-state index contributed by atoms with van der Waals surface area (Å²) >= 11 is 0. The highest BCUT2D eigenvalue weighted by molar-refractivity contribution is 6.24. The largest absolute Gasteiger partial charge is 0.398 e. The lowest BCUT2D eigenvalue weighted by atomic mass is 10.1. The van der Waals surface area contributed by atoms with Gasteiger partial charge in [0, 0.05) is 5.69 Å². The van der Waals surface area contributed by atoms with Crippen LogP contribution in [-0.2, 0) is 0 Å². The fourth-order valence-corrected chi connectivity index (χ4v) is 2.22. The van der Waals surface area contributed by atoms with E-state index < -0.39 is 0 Å². The molecule has 0 amide bonds. The van der Waals surface area contributed by atoms with Crippen molar-refractivity contribution in [1.29, 1.82) is 0 Å². The van der Waals surface area contributed by atoms with Crippen molar-refractivity contribution in [1.82, 2.24) is 0 Å². The number of fused-ring (bicyclic) bond motifs is 3. The molecule has 0 aliphatic heterocycles. The number of nitrogen functional groups attached to an aromatic ring is 1. The smallest absolute Gasteiger partial charge is 0.332 e. The van der Waals surface area contributed by atoms with E-state index in [2.05, 4.69) is 4.79 Å². The molecule has 3 rings (SSSR count). The van der Waals surface area contributed by atoms with Gasteiger partial charge in [-0.25, -0.2) is 0 Å². The van der Waals surface area contributed by atoms with Gasteiger partial charge in [0.2, 0.25) is 0 Å². The van der Waals surface area contributed by atoms with Crippen molar-refractivity contribution >= 4 is 11.4 Å². The number of benzene rings is 2. The lowest BCUT2D eigenvalue weighted by Crippen LogP contribution is -2.03. The van der Waals surface area contributed by atoms with Gasteiger partial charge in [0.15, 0.2) is 0 Å². The van der Waals surface area contributed by atoms with E-state index in [0.29, 0.717) is 11.4 Å². The van der Waals surface area contributed by atoms with E-state index >= 15 is 0 Å². The number of nitrogens with zero attached hydrogens (tertiary/aromatic N) is 2. The summed E-state index contributed by atoms with van der Waals surface area (Å²) in [6.45, 7) is 0. The molecule has 0 aromatic heterocycles. The van der Waals surface area contributed by atoms with Crippen LogP contribution < -0.4 is 5.73 Å². The summed E-state index contributed by atoms with van der Waals surface area (Å²) in [6.07, 6.45) is 0. The van der Waals surface area contributed by atoms with Gasteiger partial charge in [-0.2, -0.15) is 4.79 Å². The molecule has 0 saturated heterocycles. The van der Waals surface area contributed by atoms with Crippen LogP contribution in [0.4, 0.5) is 5.69 Å². The van der Waals surface area contributed by atoms with Crippen LogP contribution in [0, 0.1) is 0 Å². The lowest BCUT2D eigenvalue weighted by Gasteiger charge is -1.99. The maximum Gasteiger partial charge on any atom is 0.332 e. The van der Waals surface area contributed by atoms with Crippen LogP contribution in [0.1, 0.15) is 11.1 Å². The first-order chi connectivity index (χ1) is 7.83. The Hall–Kier alpha value is -2.38. The van der Waals surface area contributed by atoms with E-state index in [1.54, 1.807) is 0 Å². The van der Waals surface area contributed by atoms with Crippen LogP contribution in [0.3, 0.4) is 0 Å². The van der Waals surface area contributed by atoms with E-state index in [4.69, 9.17) is 11.3 Å². The molecule has 1 aliphatic carbocycles. The first-order valence-corrected chi connectivity index (χ1v) is 5.03. The highest BCUT2D eigenvalue weighted by Crippen LogP contribution is 2.38. The quantitative estimate of drug-likeness (QED) is 0.343. The normalized spacial score (nSPS) is 11.9. The van der Waals surface area contributed by atoms with Crippen LogP contribution in [0.15, 0.2) is 42.5 Å². The topological polar surface area (TPSA) is 62.4 Å². The molecule has 2 aromatic rings. The van der Waals surface area contributed by atoms with Gasteiger partial charge in [-0.1, -0.05) is 30.3 Å². The SMILES string of the molecule is [N-]=[N+]=C1c2ccccc2-c2cccc(N)c21. The predicted molar refractivity (Wildman–Crippen MR) is 63.1 cm³/mol.